The average Bonchev–Trinajstić information content (AvgIpc) is 2.31. The maximum absolute atomic E-state index is 4.23. The molecule has 0 spiro atoms. The van der Waals surface area contributed by atoms with Crippen molar-refractivity contribution in [3.63, 3.8) is 0 Å². The Morgan fingerprint density at radius 3 is 2.75 bits per heavy atom. The zero-order valence-electron chi connectivity index (χ0n) is 9.05. The fourth-order valence-electron chi connectivity index (χ4n) is 1.28. The van der Waals surface area contributed by atoms with Crippen molar-refractivity contribution in [1.29, 1.82) is 0 Å². The summed E-state index contributed by atoms with van der Waals surface area (Å²) in [7, 11) is 0. The Hall–Kier alpha value is -1.55. The van der Waals surface area contributed by atoms with Crippen molar-refractivity contribution in [2.75, 3.05) is 11.9 Å². The van der Waals surface area contributed by atoms with Crippen molar-refractivity contribution in [3.8, 4) is 0 Å². The summed E-state index contributed by atoms with van der Waals surface area (Å²) >= 11 is 1.64. The van der Waals surface area contributed by atoms with Gasteiger partial charge in [0.2, 0.25) is 0 Å². The Morgan fingerprint density at radius 1 is 1.19 bits per heavy atom. The molecule has 0 atom stereocenters. The molecule has 2 rings (SSSR count). The Kier molecular flexibility index (Phi) is 3.77. The highest BCUT2D eigenvalue weighted by molar-refractivity contribution is 7.99. The summed E-state index contributed by atoms with van der Waals surface area (Å²) in [6.45, 7) is 2.92. The van der Waals surface area contributed by atoms with Gasteiger partial charge in [0, 0.05) is 17.5 Å². The van der Waals surface area contributed by atoms with Gasteiger partial charge in [-0.25, -0.2) is 9.97 Å². The summed E-state index contributed by atoms with van der Waals surface area (Å²) in [5, 5.41) is 4.12. The molecule has 82 valence electrons. The van der Waals surface area contributed by atoms with Gasteiger partial charge < -0.3 is 5.32 Å². The van der Waals surface area contributed by atoms with Crippen molar-refractivity contribution in [2.45, 2.75) is 16.8 Å². The molecule has 1 aromatic heterocycles. The smallest absolute Gasteiger partial charge is 0.130 e. The van der Waals surface area contributed by atoms with Crippen LogP contribution in [-0.2, 0) is 0 Å². The molecule has 4 heteroatoms. The number of hydrogen-bond donors (Lipinski definition) is 1. The quantitative estimate of drug-likeness (QED) is 0.821. The SMILES string of the molecule is CCNc1cc(Sc2ccccc2)ncn1. The molecule has 0 aliphatic heterocycles. The van der Waals surface area contributed by atoms with E-state index in [1.807, 2.05) is 31.2 Å². The molecule has 0 saturated heterocycles. The van der Waals surface area contributed by atoms with Gasteiger partial charge in [-0.15, -0.1) is 0 Å². The topological polar surface area (TPSA) is 37.8 Å². The first-order chi connectivity index (χ1) is 7.88. The molecule has 0 saturated carbocycles. The van der Waals surface area contributed by atoms with Crippen LogP contribution in [0.2, 0.25) is 0 Å². The second-order valence-corrected chi connectivity index (χ2v) is 4.28. The third-order valence-corrected chi connectivity index (χ3v) is 2.91. The van der Waals surface area contributed by atoms with Crippen molar-refractivity contribution >= 4 is 17.6 Å². The van der Waals surface area contributed by atoms with Crippen LogP contribution in [0.5, 0.6) is 0 Å². The fraction of sp³-hybridized carbons (Fsp3) is 0.167. The molecule has 1 aromatic carbocycles. The largest absolute Gasteiger partial charge is 0.370 e. The minimum atomic E-state index is 0.868. The molecule has 3 nitrogen and oxygen atoms in total. The number of anilines is 1. The van der Waals surface area contributed by atoms with E-state index in [4.69, 9.17) is 0 Å². The van der Waals surface area contributed by atoms with E-state index in [1.165, 1.54) is 4.90 Å². The molecule has 1 N–H and O–H groups in total. The molecule has 0 bridgehead atoms. The van der Waals surface area contributed by atoms with E-state index in [0.29, 0.717) is 0 Å². The minimum Gasteiger partial charge on any atom is -0.370 e. The van der Waals surface area contributed by atoms with E-state index in [1.54, 1.807) is 18.1 Å². The van der Waals surface area contributed by atoms with E-state index >= 15 is 0 Å². The van der Waals surface area contributed by atoms with E-state index < -0.39 is 0 Å². The normalized spacial score (nSPS) is 10.1. The van der Waals surface area contributed by atoms with E-state index in [-0.39, 0.29) is 0 Å². The van der Waals surface area contributed by atoms with Crippen LogP contribution < -0.4 is 5.32 Å². The van der Waals surface area contributed by atoms with Gasteiger partial charge in [0.1, 0.15) is 17.2 Å². The lowest BCUT2D eigenvalue weighted by molar-refractivity contribution is 1.03. The van der Waals surface area contributed by atoms with Crippen molar-refractivity contribution in [1.82, 2.24) is 9.97 Å². The predicted octanol–water partition coefficient (Wildman–Crippen LogP) is 3.06. The van der Waals surface area contributed by atoms with Gasteiger partial charge in [-0.2, -0.15) is 0 Å². The number of nitrogens with zero attached hydrogens (tertiary/aromatic N) is 2. The van der Waals surface area contributed by atoms with Gasteiger partial charge in [-0.3, -0.25) is 0 Å². The third-order valence-electron chi connectivity index (χ3n) is 1.97. The standard InChI is InChI=1S/C12H13N3S/c1-2-13-11-8-12(15-9-14-11)16-10-6-4-3-5-7-10/h3-9H,2H2,1H3,(H,13,14,15). The van der Waals surface area contributed by atoms with Gasteiger partial charge in [0.15, 0.2) is 0 Å². The van der Waals surface area contributed by atoms with Gasteiger partial charge in [-0.1, -0.05) is 30.0 Å². The van der Waals surface area contributed by atoms with Crippen LogP contribution in [0.15, 0.2) is 52.6 Å². The monoisotopic (exact) mass is 231 g/mol. The van der Waals surface area contributed by atoms with Crippen LogP contribution >= 0.6 is 11.8 Å². The average molecular weight is 231 g/mol. The van der Waals surface area contributed by atoms with E-state index in [0.717, 1.165) is 17.4 Å². The molecular weight excluding hydrogens is 218 g/mol. The highest BCUT2D eigenvalue weighted by Crippen LogP contribution is 2.26. The maximum atomic E-state index is 4.23. The van der Waals surface area contributed by atoms with Gasteiger partial charge in [0.25, 0.3) is 0 Å². The maximum Gasteiger partial charge on any atom is 0.130 e. The van der Waals surface area contributed by atoms with Crippen LogP contribution in [0.1, 0.15) is 6.92 Å². The highest BCUT2D eigenvalue weighted by atomic mass is 32.2. The van der Waals surface area contributed by atoms with Crippen LogP contribution in [-0.4, -0.2) is 16.5 Å². The summed E-state index contributed by atoms with van der Waals surface area (Å²) < 4.78 is 0. The summed E-state index contributed by atoms with van der Waals surface area (Å²) in [4.78, 5) is 9.55. The zero-order chi connectivity index (χ0) is 11.2. The van der Waals surface area contributed by atoms with Crippen LogP contribution in [0.25, 0.3) is 0 Å². The molecule has 0 amide bonds. The first kappa shape index (κ1) is 11.0. The second kappa shape index (κ2) is 5.51. The number of rotatable bonds is 4. The first-order valence-electron chi connectivity index (χ1n) is 5.17. The Balaban J connectivity index is 2.12. The Labute approximate surface area is 99.3 Å². The third kappa shape index (κ3) is 2.97. The lowest BCUT2D eigenvalue weighted by atomic mass is 10.4. The van der Waals surface area contributed by atoms with E-state index in [2.05, 4.69) is 27.4 Å². The summed E-state index contributed by atoms with van der Waals surface area (Å²) in [6.07, 6.45) is 1.59. The predicted molar refractivity (Wildman–Crippen MR) is 66.8 cm³/mol. The fourth-order valence-corrected chi connectivity index (χ4v) is 2.09. The molecular formula is C12H13N3S. The van der Waals surface area contributed by atoms with Gasteiger partial charge in [-0.05, 0) is 19.1 Å². The minimum absolute atomic E-state index is 0.868. The Bertz CT molecular complexity index is 445. The summed E-state index contributed by atoms with van der Waals surface area (Å²) in [5.41, 5.74) is 0. The molecule has 0 aliphatic rings. The molecule has 2 aromatic rings. The van der Waals surface area contributed by atoms with Gasteiger partial charge in [0.05, 0.1) is 0 Å². The molecule has 0 aliphatic carbocycles. The number of benzene rings is 1. The summed E-state index contributed by atoms with van der Waals surface area (Å²) in [5.74, 6) is 0.871. The van der Waals surface area contributed by atoms with Gasteiger partial charge >= 0.3 is 0 Å². The number of aromatic nitrogens is 2. The molecule has 16 heavy (non-hydrogen) atoms. The lowest BCUT2D eigenvalue weighted by Gasteiger charge is -2.04. The van der Waals surface area contributed by atoms with Crippen molar-refractivity contribution < 1.29 is 0 Å². The Morgan fingerprint density at radius 2 is 2.00 bits per heavy atom. The van der Waals surface area contributed by atoms with Crippen LogP contribution in [0.4, 0.5) is 5.82 Å². The molecule has 0 radical (unpaired) electrons. The molecule has 1 heterocycles. The zero-order valence-corrected chi connectivity index (χ0v) is 9.87. The molecule has 0 fully saturated rings. The lowest BCUT2D eigenvalue weighted by Crippen LogP contribution is -1.99. The highest BCUT2D eigenvalue weighted by Gasteiger charge is 2.00. The van der Waals surface area contributed by atoms with Crippen LogP contribution in [0, 0.1) is 0 Å². The number of hydrogen-bond acceptors (Lipinski definition) is 4. The van der Waals surface area contributed by atoms with Crippen LogP contribution in [0.3, 0.4) is 0 Å². The summed E-state index contributed by atoms with van der Waals surface area (Å²) in [6, 6.07) is 12.2. The molecule has 0 unspecified atom stereocenters. The van der Waals surface area contributed by atoms with Crippen molar-refractivity contribution in [3.05, 3.63) is 42.7 Å². The van der Waals surface area contributed by atoms with Crippen molar-refractivity contribution in [2.24, 2.45) is 0 Å². The number of nitrogens with one attached hydrogen (secondary N) is 1. The first-order valence-corrected chi connectivity index (χ1v) is 5.99. The second-order valence-electron chi connectivity index (χ2n) is 3.19. The van der Waals surface area contributed by atoms with E-state index in [9.17, 15) is 0 Å².